The second-order valence-electron chi connectivity index (χ2n) is 8.59. The molecular weight excluding hydrogens is 339 g/mol. The standard InChI is InChI=1S/C23H35FN2O/c1-5-6-17-13-16(8-10-21(17)25)19-12-15(3)23(27-4)26-22(19)18-7-9-20(24)14(2)11-18/h5-6,10,13,15-16,18-19,22-23,26H,7-9,11-12,25H2,1-4H3/b6-5-. The van der Waals surface area contributed by atoms with Gasteiger partial charge in [0.05, 0.1) is 5.83 Å². The molecule has 6 unspecified atom stereocenters. The Labute approximate surface area is 163 Å². The zero-order valence-corrected chi connectivity index (χ0v) is 17.2. The first-order valence-corrected chi connectivity index (χ1v) is 10.4. The number of nitrogens with two attached hydrogens (primary N) is 1. The number of rotatable bonds is 4. The van der Waals surface area contributed by atoms with E-state index < -0.39 is 0 Å². The number of halogens is 1. The molecule has 1 fully saturated rings. The molecule has 6 atom stereocenters. The lowest BCUT2D eigenvalue weighted by molar-refractivity contribution is -0.0418. The minimum absolute atomic E-state index is 0.0745. The average Bonchev–Trinajstić information content (AvgIpc) is 2.66. The average molecular weight is 375 g/mol. The summed E-state index contributed by atoms with van der Waals surface area (Å²) in [6, 6.07) is 0.343. The summed E-state index contributed by atoms with van der Waals surface area (Å²) in [5.74, 6) is 1.97. The maximum Gasteiger partial charge on any atom is 0.110 e. The van der Waals surface area contributed by atoms with Crippen LogP contribution in [0.25, 0.3) is 0 Å². The maximum atomic E-state index is 13.9. The minimum atomic E-state index is 0.0745. The van der Waals surface area contributed by atoms with Crippen molar-refractivity contribution >= 4 is 0 Å². The number of nitrogens with one attached hydrogen (secondary N) is 1. The molecule has 0 amide bonds. The Bertz CT molecular complexity index is 663. The van der Waals surface area contributed by atoms with Gasteiger partial charge in [-0.15, -0.1) is 0 Å². The quantitative estimate of drug-likeness (QED) is 0.729. The molecule has 3 rings (SSSR count). The normalized spacial score (nSPS) is 38.1. The molecule has 0 aromatic heterocycles. The fraction of sp³-hybridized carbons (Fsp3) is 0.652. The molecule has 0 radical (unpaired) electrons. The van der Waals surface area contributed by atoms with E-state index in [4.69, 9.17) is 10.5 Å². The van der Waals surface area contributed by atoms with Gasteiger partial charge in [-0.1, -0.05) is 31.2 Å². The Morgan fingerprint density at radius 2 is 2.15 bits per heavy atom. The van der Waals surface area contributed by atoms with Crippen molar-refractivity contribution in [3.63, 3.8) is 0 Å². The Morgan fingerprint density at radius 1 is 1.37 bits per heavy atom. The third kappa shape index (κ3) is 4.38. The molecular formula is C23H35FN2O. The van der Waals surface area contributed by atoms with Gasteiger partial charge >= 0.3 is 0 Å². The molecule has 1 aliphatic heterocycles. The van der Waals surface area contributed by atoms with E-state index in [0.29, 0.717) is 36.1 Å². The number of allylic oxidation sites excluding steroid dienone is 6. The van der Waals surface area contributed by atoms with E-state index in [0.717, 1.165) is 42.5 Å². The van der Waals surface area contributed by atoms with E-state index >= 15 is 0 Å². The lowest BCUT2D eigenvalue weighted by Gasteiger charge is -2.47. The number of hydrogen-bond donors (Lipinski definition) is 2. The predicted molar refractivity (Wildman–Crippen MR) is 109 cm³/mol. The highest BCUT2D eigenvalue weighted by atomic mass is 19.1. The third-order valence-corrected chi connectivity index (χ3v) is 6.74. The van der Waals surface area contributed by atoms with E-state index in [1.165, 1.54) is 0 Å². The van der Waals surface area contributed by atoms with Crippen molar-refractivity contribution < 1.29 is 9.13 Å². The molecule has 0 bridgehead atoms. The highest BCUT2D eigenvalue weighted by molar-refractivity contribution is 5.40. The van der Waals surface area contributed by atoms with Gasteiger partial charge < -0.3 is 10.5 Å². The topological polar surface area (TPSA) is 47.3 Å². The number of piperidine rings is 1. The van der Waals surface area contributed by atoms with Crippen LogP contribution in [0, 0.1) is 23.7 Å². The van der Waals surface area contributed by atoms with Crippen LogP contribution in [0.2, 0.25) is 0 Å². The van der Waals surface area contributed by atoms with E-state index in [-0.39, 0.29) is 12.1 Å². The fourth-order valence-electron chi connectivity index (χ4n) is 5.25. The van der Waals surface area contributed by atoms with Gasteiger partial charge in [0.25, 0.3) is 0 Å². The summed E-state index contributed by atoms with van der Waals surface area (Å²) in [4.78, 5) is 0. The van der Waals surface area contributed by atoms with E-state index in [9.17, 15) is 4.39 Å². The van der Waals surface area contributed by atoms with Gasteiger partial charge in [-0.05, 0) is 80.8 Å². The molecule has 2 aliphatic carbocycles. The summed E-state index contributed by atoms with van der Waals surface area (Å²) in [7, 11) is 1.78. The van der Waals surface area contributed by atoms with Crippen LogP contribution in [0.5, 0.6) is 0 Å². The number of ether oxygens (including phenoxy) is 1. The van der Waals surface area contributed by atoms with E-state index in [2.05, 4.69) is 30.5 Å². The molecule has 0 spiro atoms. The fourth-order valence-corrected chi connectivity index (χ4v) is 5.25. The van der Waals surface area contributed by atoms with Crippen molar-refractivity contribution in [3.05, 3.63) is 47.0 Å². The highest BCUT2D eigenvalue weighted by Crippen LogP contribution is 2.43. The van der Waals surface area contributed by atoms with Crippen LogP contribution < -0.4 is 11.1 Å². The molecule has 1 saturated heterocycles. The molecule has 3 nitrogen and oxygen atoms in total. The molecule has 4 heteroatoms. The van der Waals surface area contributed by atoms with Gasteiger partial charge in [0, 0.05) is 18.8 Å². The summed E-state index contributed by atoms with van der Waals surface area (Å²) in [5, 5.41) is 3.80. The summed E-state index contributed by atoms with van der Waals surface area (Å²) >= 11 is 0. The molecule has 0 aromatic rings. The van der Waals surface area contributed by atoms with Crippen LogP contribution in [-0.4, -0.2) is 19.4 Å². The van der Waals surface area contributed by atoms with Crippen molar-refractivity contribution in [2.45, 2.75) is 65.1 Å². The van der Waals surface area contributed by atoms with Gasteiger partial charge in [-0.2, -0.15) is 0 Å². The minimum Gasteiger partial charge on any atom is -0.399 e. The van der Waals surface area contributed by atoms with E-state index in [1.54, 1.807) is 7.11 Å². The Kier molecular flexibility index (Phi) is 6.59. The van der Waals surface area contributed by atoms with Crippen LogP contribution >= 0.6 is 0 Å². The molecule has 27 heavy (non-hydrogen) atoms. The summed E-state index contributed by atoms with van der Waals surface area (Å²) in [6.07, 6.45) is 13.2. The SMILES string of the molecule is C/C=C\C1=CC(C2CC(C)C(OC)NC2C2CCC(F)=C(C)C2)CC=C1N. The first kappa shape index (κ1) is 20.3. The Hall–Kier alpha value is -1.39. The van der Waals surface area contributed by atoms with Crippen molar-refractivity contribution in [1.82, 2.24) is 5.32 Å². The Morgan fingerprint density at radius 3 is 2.81 bits per heavy atom. The monoisotopic (exact) mass is 374 g/mol. The van der Waals surface area contributed by atoms with Crippen LogP contribution in [0.3, 0.4) is 0 Å². The third-order valence-electron chi connectivity index (χ3n) is 6.74. The molecule has 0 saturated carbocycles. The van der Waals surface area contributed by atoms with Gasteiger partial charge in [-0.25, -0.2) is 4.39 Å². The van der Waals surface area contributed by atoms with Crippen molar-refractivity contribution in [1.29, 1.82) is 0 Å². The predicted octanol–water partition coefficient (Wildman–Crippen LogP) is 4.98. The van der Waals surface area contributed by atoms with Gasteiger partial charge in [0.1, 0.15) is 6.23 Å². The zero-order chi connectivity index (χ0) is 19.6. The van der Waals surface area contributed by atoms with Crippen LogP contribution in [0.15, 0.2) is 47.0 Å². The van der Waals surface area contributed by atoms with Crippen LogP contribution in [-0.2, 0) is 4.74 Å². The van der Waals surface area contributed by atoms with Crippen molar-refractivity contribution in [2.75, 3.05) is 7.11 Å². The second-order valence-corrected chi connectivity index (χ2v) is 8.59. The molecule has 0 aromatic carbocycles. The first-order chi connectivity index (χ1) is 12.9. The largest absolute Gasteiger partial charge is 0.399 e. The maximum absolute atomic E-state index is 13.9. The lowest BCUT2D eigenvalue weighted by Crippen LogP contribution is -2.57. The smallest absolute Gasteiger partial charge is 0.110 e. The van der Waals surface area contributed by atoms with Gasteiger partial charge in [0.15, 0.2) is 0 Å². The first-order valence-electron chi connectivity index (χ1n) is 10.4. The molecule has 1 heterocycles. The Balaban J connectivity index is 1.86. The number of methoxy groups -OCH3 is 1. The molecule has 3 N–H and O–H groups in total. The molecule has 3 aliphatic rings. The van der Waals surface area contributed by atoms with Crippen molar-refractivity contribution in [2.24, 2.45) is 29.4 Å². The molecule has 150 valence electrons. The van der Waals surface area contributed by atoms with Gasteiger partial charge in [0.2, 0.25) is 0 Å². The van der Waals surface area contributed by atoms with Crippen LogP contribution in [0.4, 0.5) is 4.39 Å². The summed E-state index contributed by atoms with van der Waals surface area (Å²) in [5.41, 5.74) is 9.14. The zero-order valence-electron chi connectivity index (χ0n) is 17.2. The number of hydrogen-bond acceptors (Lipinski definition) is 3. The van der Waals surface area contributed by atoms with Crippen LogP contribution in [0.1, 0.15) is 52.9 Å². The lowest BCUT2D eigenvalue weighted by atomic mass is 9.67. The van der Waals surface area contributed by atoms with Gasteiger partial charge in [-0.3, -0.25) is 5.32 Å². The van der Waals surface area contributed by atoms with E-state index in [1.807, 2.05) is 19.9 Å². The summed E-state index contributed by atoms with van der Waals surface area (Å²) < 4.78 is 19.7. The highest BCUT2D eigenvalue weighted by Gasteiger charge is 2.42. The second kappa shape index (κ2) is 8.74. The van der Waals surface area contributed by atoms with Crippen molar-refractivity contribution in [3.8, 4) is 0 Å². The summed E-state index contributed by atoms with van der Waals surface area (Å²) in [6.45, 7) is 6.24.